The fourth-order valence-electron chi connectivity index (χ4n) is 1.22. The first kappa shape index (κ1) is 12.1. The highest BCUT2D eigenvalue weighted by molar-refractivity contribution is 7.90. The molecule has 4 nitrogen and oxygen atoms in total. The lowest BCUT2D eigenvalue weighted by Gasteiger charge is -2.09. The molecule has 0 bridgehead atoms. The van der Waals surface area contributed by atoms with Gasteiger partial charge in [0, 0.05) is 12.5 Å². The Kier molecular flexibility index (Phi) is 3.82. The Hall–Kier alpha value is -0.940. The van der Waals surface area contributed by atoms with Crippen LogP contribution in [-0.4, -0.2) is 30.5 Å². The summed E-state index contributed by atoms with van der Waals surface area (Å²) in [5, 5.41) is 9.68. The molecule has 0 spiro atoms. The first-order chi connectivity index (χ1) is 6.88. The molecule has 0 fully saturated rings. The van der Waals surface area contributed by atoms with E-state index < -0.39 is 15.9 Å². The molecule has 5 heteroatoms. The third kappa shape index (κ3) is 4.40. The molecule has 84 valence electrons. The largest absolute Gasteiger partial charge is 0.387 e. The minimum Gasteiger partial charge on any atom is -0.387 e. The Bertz CT molecular complexity index is 428. The molecule has 15 heavy (non-hydrogen) atoms. The molecule has 1 aromatic heterocycles. The third-order valence-electron chi connectivity index (χ3n) is 2.04. The van der Waals surface area contributed by atoms with Crippen molar-refractivity contribution >= 4 is 9.84 Å². The number of aromatic nitrogens is 1. The van der Waals surface area contributed by atoms with Gasteiger partial charge in [0.15, 0.2) is 0 Å². The Balaban J connectivity index is 2.65. The summed E-state index contributed by atoms with van der Waals surface area (Å²) in [6.07, 6.45) is 2.15. The zero-order valence-electron chi connectivity index (χ0n) is 8.84. The Morgan fingerprint density at radius 2 is 2.20 bits per heavy atom. The van der Waals surface area contributed by atoms with Crippen molar-refractivity contribution in [2.45, 2.75) is 19.4 Å². The summed E-state index contributed by atoms with van der Waals surface area (Å²) in [7, 11) is -3.03. The number of sulfone groups is 1. The molecule has 0 amide bonds. The number of nitrogens with zero attached hydrogens (tertiary/aromatic N) is 1. The fourth-order valence-corrected chi connectivity index (χ4v) is 1.87. The van der Waals surface area contributed by atoms with Crippen molar-refractivity contribution in [3.8, 4) is 0 Å². The van der Waals surface area contributed by atoms with Gasteiger partial charge in [-0.2, -0.15) is 0 Å². The molecule has 0 saturated carbocycles. The van der Waals surface area contributed by atoms with E-state index in [4.69, 9.17) is 0 Å². The van der Waals surface area contributed by atoms with Gasteiger partial charge in [-0.25, -0.2) is 8.42 Å². The van der Waals surface area contributed by atoms with Crippen LogP contribution < -0.4 is 0 Å². The molecule has 1 heterocycles. The van der Waals surface area contributed by atoms with E-state index in [-0.39, 0.29) is 12.2 Å². The molecule has 1 atom stereocenters. The van der Waals surface area contributed by atoms with E-state index in [1.54, 1.807) is 12.3 Å². The van der Waals surface area contributed by atoms with Crippen LogP contribution in [0.4, 0.5) is 0 Å². The van der Waals surface area contributed by atoms with Crippen LogP contribution in [-0.2, 0) is 9.84 Å². The number of rotatable bonds is 4. The number of aliphatic hydroxyl groups excluding tert-OH is 1. The third-order valence-corrected chi connectivity index (χ3v) is 3.02. The number of aryl methyl sites for hydroxylation is 1. The zero-order chi connectivity index (χ0) is 11.5. The Morgan fingerprint density at radius 1 is 1.53 bits per heavy atom. The molecule has 0 aliphatic rings. The molecule has 0 radical (unpaired) electrons. The van der Waals surface area contributed by atoms with Crippen molar-refractivity contribution in [3.05, 3.63) is 29.6 Å². The average molecular weight is 229 g/mol. The maximum absolute atomic E-state index is 10.9. The summed E-state index contributed by atoms with van der Waals surface area (Å²) in [6.45, 7) is 1.90. The van der Waals surface area contributed by atoms with Gasteiger partial charge in [-0.05, 0) is 31.0 Å². The van der Waals surface area contributed by atoms with Gasteiger partial charge in [0.1, 0.15) is 9.84 Å². The lowest BCUT2D eigenvalue weighted by Crippen LogP contribution is -2.09. The SMILES string of the molecule is Cc1ccnc(C(O)CCS(C)(=O)=O)c1. The van der Waals surface area contributed by atoms with Crippen LogP contribution in [0.1, 0.15) is 23.8 Å². The predicted octanol–water partition coefficient (Wildman–Crippen LogP) is 0.858. The molecular weight excluding hydrogens is 214 g/mol. The summed E-state index contributed by atoms with van der Waals surface area (Å²) in [6, 6.07) is 3.58. The lowest BCUT2D eigenvalue weighted by molar-refractivity contribution is 0.169. The molecule has 0 saturated heterocycles. The van der Waals surface area contributed by atoms with Crippen molar-refractivity contribution in [1.29, 1.82) is 0 Å². The maximum Gasteiger partial charge on any atom is 0.147 e. The number of aliphatic hydroxyl groups is 1. The van der Waals surface area contributed by atoms with Crippen LogP contribution in [0, 0.1) is 6.92 Å². The second kappa shape index (κ2) is 4.72. The van der Waals surface area contributed by atoms with E-state index >= 15 is 0 Å². The van der Waals surface area contributed by atoms with Gasteiger partial charge < -0.3 is 5.11 Å². The van der Waals surface area contributed by atoms with Gasteiger partial charge >= 0.3 is 0 Å². The van der Waals surface area contributed by atoms with E-state index in [1.165, 1.54) is 0 Å². The quantitative estimate of drug-likeness (QED) is 0.831. The monoisotopic (exact) mass is 229 g/mol. The Labute approximate surface area is 89.9 Å². The highest BCUT2D eigenvalue weighted by atomic mass is 32.2. The van der Waals surface area contributed by atoms with E-state index in [1.807, 2.05) is 13.0 Å². The average Bonchev–Trinajstić information content (AvgIpc) is 2.13. The predicted molar refractivity (Wildman–Crippen MR) is 58.3 cm³/mol. The van der Waals surface area contributed by atoms with Gasteiger partial charge in [0.05, 0.1) is 17.6 Å². The van der Waals surface area contributed by atoms with Gasteiger partial charge in [0.25, 0.3) is 0 Å². The molecule has 1 N–H and O–H groups in total. The summed E-state index contributed by atoms with van der Waals surface area (Å²) < 4.78 is 21.8. The second-order valence-corrected chi connectivity index (χ2v) is 5.95. The normalized spacial score (nSPS) is 13.8. The van der Waals surface area contributed by atoms with Gasteiger partial charge in [-0.1, -0.05) is 0 Å². The number of pyridine rings is 1. The van der Waals surface area contributed by atoms with E-state index in [0.717, 1.165) is 11.8 Å². The summed E-state index contributed by atoms with van der Waals surface area (Å²) >= 11 is 0. The van der Waals surface area contributed by atoms with Crippen molar-refractivity contribution in [1.82, 2.24) is 4.98 Å². The molecule has 0 aliphatic heterocycles. The molecule has 1 rings (SSSR count). The molecule has 1 unspecified atom stereocenters. The highest BCUT2D eigenvalue weighted by Gasteiger charge is 2.12. The first-order valence-corrected chi connectivity index (χ1v) is 6.73. The minimum atomic E-state index is -3.03. The van der Waals surface area contributed by atoms with Crippen LogP contribution in [0.15, 0.2) is 18.3 Å². The van der Waals surface area contributed by atoms with Gasteiger partial charge in [0.2, 0.25) is 0 Å². The van der Waals surface area contributed by atoms with Crippen molar-refractivity contribution in [2.24, 2.45) is 0 Å². The van der Waals surface area contributed by atoms with Crippen LogP contribution in [0.25, 0.3) is 0 Å². The number of hydrogen-bond donors (Lipinski definition) is 1. The summed E-state index contributed by atoms with van der Waals surface area (Å²) in [4.78, 5) is 4.00. The molecular formula is C10H15NO3S. The fraction of sp³-hybridized carbons (Fsp3) is 0.500. The van der Waals surface area contributed by atoms with Crippen LogP contribution >= 0.6 is 0 Å². The molecule has 0 aromatic carbocycles. The summed E-state index contributed by atoms with van der Waals surface area (Å²) in [5.41, 5.74) is 1.53. The van der Waals surface area contributed by atoms with E-state index in [0.29, 0.717) is 5.69 Å². The summed E-state index contributed by atoms with van der Waals surface area (Å²) in [5.74, 6) is -0.0240. The van der Waals surface area contributed by atoms with Crippen LogP contribution in [0.5, 0.6) is 0 Å². The zero-order valence-corrected chi connectivity index (χ0v) is 9.66. The minimum absolute atomic E-state index is 0.0240. The van der Waals surface area contributed by atoms with Crippen molar-refractivity contribution in [3.63, 3.8) is 0 Å². The van der Waals surface area contributed by atoms with E-state index in [2.05, 4.69) is 4.98 Å². The van der Waals surface area contributed by atoms with Crippen molar-refractivity contribution in [2.75, 3.05) is 12.0 Å². The number of hydrogen-bond acceptors (Lipinski definition) is 4. The van der Waals surface area contributed by atoms with Gasteiger partial charge in [-0.15, -0.1) is 0 Å². The topological polar surface area (TPSA) is 67.3 Å². The maximum atomic E-state index is 10.9. The van der Waals surface area contributed by atoms with Gasteiger partial charge in [-0.3, -0.25) is 4.98 Å². The first-order valence-electron chi connectivity index (χ1n) is 4.67. The highest BCUT2D eigenvalue weighted by Crippen LogP contribution is 2.15. The van der Waals surface area contributed by atoms with Crippen LogP contribution in [0.2, 0.25) is 0 Å². The van der Waals surface area contributed by atoms with Crippen LogP contribution in [0.3, 0.4) is 0 Å². The van der Waals surface area contributed by atoms with E-state index in [9.17, 15) is 13.5 Å². The molecule has 1 aromatic rings. The second-order valence-electron chi connectivity index (χ2n) is 3.69. The standard InChI is InChI=1S/C10H15NO3S/c1-8-3-5-11-9(7-8)10(12)4-6-15(2,13)14/h3,5,7,10,12H,4,6H2,1-2H3. The van der Waals surface area contributed by atoms with Crippen molar-refractivity contribution < 1.29 is 13.5 Å². The Morgan fingerprint density at radius 3 is 2.73 bits per heavy atom. The lowest BCUT2D eigenvalue weighted by atomic mass is 10.1. The molecule has 0 aliphatic carbocycles. The smallest absolute Gasteiger partial charge is 0.147 e.